The fourth-order valence-electron chi connectivity index (χ4n) is 1.85. The topological polar surface area (TPSA) is 20.3 Å². The van der Waals surface area contributed by atoms with Crippen LogP contribution in [-0.4, -0.2) is 23.9 Å². The quantitative estimate of drug-likeness (QED) is 0.649. The summed E-state index contributed by atoms with van der Waals surface area (Å²) in [5.74, 6) is 0.839. The summed E-state index contributed by atoms with van der Waals surface area (Å²) in [6.07, 6.45) is 12.5. The highest BCUT2D eigenvalue weighted by molar-refractivity contribution is 5.73. The third-order valence-electron chi connectivity index (χ3n) is 2.87. The summed E-state index contributed by atoms with van der Waals surface area (Å²) < 4.78 is 0. The van der Waals surface area contributed by atoms with E-state index < -0.39 is 0 Å². The fourth-order valence-corrected chi connectivity index (χ4v) is 1.85. The molecule has 2 nitrogen and oxygen atoms in total. The van der Waals surface area contributed by atoms with Crippen molar-refractivity contribution in [1.29, 1.82) is 0 Å². The summed E-state index contributed by atoms with van der Waals surface area (Å²) in [5.41, 5.74) is 0. The van der Waals surface area contributed by atoms with Crippen LogP contribution in [-0.2, 0) is 4.79 Å². The maximum Gasteiger partial charge on any atom is 0.219 e. The number of amides is 1. The molecule has 1 atom stereocenters. The molecule has 15 heavy (non-hydrogen) atoms. The predicted molar refractivity (Wildman–Crippen MR) is 63.5 cm³/mol. The maximum atomic E-state index is 11.1. The molecule has 1 amide bonds. The van der Waals surface area contributed by atoms with Gasteiger partial charge in [0.1, 0.15) is 0 Å². The lowest BCUT2D eigenvalue weighted by atomic mass is 9.94. The van der Waals surface area contributed by atoms with Gasteiger partial charge in [0.15, 0.2) is 0 Å². The van der Waals surface area contributed by atoms with Crippen LogP contribution in [0.15, 0.2) is 24.3 Å². The molecule has 0 spiro atoms. The molecule has 0 aromatic heterocycles. The minimum absolute atomic E-state index is 0.158. The van der Waals surface area contributed by atoms with E-state index in [9.17, 15) is 4.79 Å². The van der Waals surface area contributed by atoms with Crippen molar-refractivity contribution in [1.82, 2.24) is 4.90 Å². The van der Waals surface area contributed by atoms with Gasteiger partial charge in [0.2, 0.25) is 5.91 Å². The molecule has 1 aliphatic carbocycles. The second-order valence-electron chi connectivity index (χ2n) is 4.03. The molecule has 0 heterocycles. The third-order valence-corrected chi connectivity index (χ3v) is 2.87. The van der Waals surface area contributed by atoms with E-state index in [1.165, 1.54) is 12.8 Å². The first-order valence-corrected chi connectivity index (χ1v) is 5.81. The van der Waals surface area contributed by atoms with Crippen LogP contribution in [0.1, 0.15) is 33.1 Å². The van der Waals surface area contributed by atoms with Crippen molar-refractivity contribution in [2.24, 2.45) is 5.92 Å². The highest BCUT2D eigenvalue weighted by Gasteiger charge is 2.06. The molecule has 0 aliphatic heterocycles. The predicted octanol–water partition coefficient (Wildman–Crippen LogP) is 2.77. The smallest absolute Gasteiger partial charge is 0.219 e. The third kappa shape index (κ3) is 4.32. The fraction of sp³-hybridized carbons (Fsp3) is 0.615. The Balaban J connectivity index is 2.31. The standard InChI is InChI=1S/C13H21NO/c1-3-14(12(2)15)11-7-10-13-8-5-4-6-9-13/h4-5,7,10,13H,3,6,8-9,11H2,1-2H3/b10-7-. The summed E-state index contributed by atoms with van der Waals surface area (Å²) in [4.78, 5) is 13.0. The molecule has 0 fully saturated rings. The van der Waals surface area contributed by atoms with Gasteiger partial charge in [-0.1, -0.05) is 24.3 Å². The molecule has 84 valence electrons. The van der Waals surface area contributed by atoms with E-state index in [4.69, 9.17) is 0 Å². The van der Waals surface area contributed by atoms with Gasteiger partial charge in [0.25, 0.3) is 0 Å². The van der Waals surface area contributed by atoms with Crippen molar-refractivity contribution in [3.8, 4) is 0 Å². The Kier molecular flexibility index (Phi) is 5.16. The van der Waals surface area contributed by atoms with Gasteiger partial charge in [0.05, 0.1) is 0 Å². The van der Waals surface area contributed by atoms with E-state index in [1.807, 2.05) is 11.8 Å². The molecule has 1 aliphatic rings. The number of carbonyl (C=O) groups excluding carboxylic acids is 1. The molecule has 0 radical (unpaired) electrons. The van der Waals surface area contributed by atoms with Gasteiger partial charge in [-0.2, -0.15) is 0 Å². The zero-order valence-corrected chi connectivity index (χ0v) is 9.78. The second kappa shape index (κ2) is 6.44. The Labute approximate surface area is 92.7 Å². The minimum atomic E-state index is 0.158. The Morgan fingerprint density at radius 1 is 1.53 bits per heavy atom. The molecular weight excluding hydrogens is 186 g/mol. The number of allylic oxidation sites excluding steroid dienone is 3. The minimum Gasteiger partial charge on any atom is -0.340 e. The van der Waals surface area contributed by atoms with Crippen LogP contribution < -0.4 is 0 Å². The van der Waals surface area contributed by atoms with E-state index >= 15 is 0 Å². The number of hydrogen-bond donors (Lipinski definition) is 0. The number of hydrogen-bond acceptors (Lipinski definition) is 1. The number of rotatable bonds is 4. The summed E-state index contributed by atoms with van der Waals surface area (Å²) in [5, 5.41) is 0. The summed E-state index contributed by atoms with van der Waals surface area (Å²) >= 11 is 0. The molecule has 0 N–H and O–H groups in total. The van der Waals surface area contributed by atoms with Crippen molar-refractivity contribution < 1.29 is 4.79 Å². The Hall–Kier alpha value is -1.05. The highest BCUT2D eigenvalue weighted by atomic mass is 16.2. The molecule has 2 heteroatoms. The number of likely N-dealkylation sites (N-methyl/N-ethyl adjacent to an activating group) is 1. The molecule has 0 aromatic rings. The summed E-state index contributed by atoms with van der Waals surface area (Å²) in [6.45, 7) is 5.19. The number of nitrogens with zero attached hydrogens (tertiary/aromatic N) is 1. The van der Waals surface area contributed by atoms with Gasteiger partial charge < -0.3 is 4.90 Å². The van der Waals surface area contributed by atoms with E-state index in [-0.39, 0.29) is 5.91 Å². The van der Waals surface area contributed by atoms with Crippen molar-refractivity contribution >= 4 is 5.91 Å². The average molecular weight is 207 g/mol. The maximum absolute atomic E-state index is 11.1. The van der Waals surface area contributed by atoms with Gasteiger partial charge in [-0.3, -0.25) is 4.79 Å². The zero-order valence-electron chi connectivity index (χ0n) is 9.78. The Morgan fingerprint density at radius 2 is 2.33 bits per heavy atom. The van der Waals surface area contributed by atoms with Crippen LogP contribution >= 0.6 is 0 Å². The first-order chi connectivity index (χ1) is 7.24. The molecule has 0 saturated heterocycles. The van der Waals surface area contributed by atoms with Gasteiger partial charge >= 0.3 is 0 Å². The van der Waals surface area contributed by atoms with Crippen LogP contribution in [0, 0.1) is 5.92 Å². The van der Waals surface area contributed by atoms with Crippen molar-refractivity contribution in [2.75, 3.05) is 13.1 Å². The van der Waals surface area contributed by atoms with Gasteiger partial charge in [0, 0.05) is 20.0 Å². The first kappa shape index (κ1) is 12.0. The van der Waals surface area contributed by atoms with Gasteiger partial charge in [-0.15, -0.1) is 0 Å². The van der Waals surface area contributed by atoms with Crippen LogP contribution in [0.5, 0.6) is 0 Å². The number of carbonyl (C=O) groups is 1. The Morgan fingerprint density at radius 3 is 2.87 bits per heavy atom. The lowest BCUT2D eigenvalue weighted by molar-refractivity contribution is -0.128. The molecular formula is C13H21NO. The zero-order chi connectivity index (χ0) is 11.1. The van der Waals surface area contributed by atoms with Gasteiger partial charge in [-0.05, 0) is 32.1 Å². The highest BCUT2D eigenvalue weighted by Crippen LogP contribution is 2.18. The molecule has 0 aromatic carbocycles. The second-order valence-corrected chi connectivity index (χ2v) is 4.03. The van der Waals surface area contributed by atoms with Crippen LogP contribution in [0.25, 0.3) is 0 Å². The van der Waals surface area contributed by atoms with Crippen LogP contribution in [0.3, 0.4) is 0 Å². The van der Waals surface area contributed by atoms with Crippen LogP contribution in [0.2, 0.25) is 0 Å². The monoisotopic (exact) mass is 207 g/mol. The lowest BCUT2D eigenvalue weighted by Gasteiger charge is -2.17. The lowest BCUT2D eigenvalue weighted by Crippen LogP contribution is -2.28. The van der Waals surface area contributed by atoms with Crippen molar-refractivity contribution in [3.63, 3.8) is 0 Å². The molecule has 0 saturated carbocycles. The average Bonchev–Trinajstić information content (AvgIpc) is 2.25. The van der Waals surface area contributed by atoms with Crippen LogP contribution in [0.4, 0.5) is 0 Å². The van der Waals surface area contributed by atoms with E-state index in [2.05, 4.69) is 24.3 Å². The van der Waals surface area contributed by atoms with Gasteiger partial charge in [-0.25, -0.2) is 0 Å². The van der Waals surface area contributed by atoms with E-state index in [0.29, 0.717) is 5.92 Å². The summed E-state index contributed by atoms with van der Waals surface area (Å²) in [7, 11) is 0. The first-order valence-electron chi connectivity index (χ1n) is 5.81. The largest absolute Gasteiger partial charge is 0.340 e. The van der Waals surface area contributed by atoms with E-state index in [0.717, 1.165) is 19.5 Å². The van der Waals surface area contributed by atoms with Crippen molar-refractivity contribution in [2.45, 2.75) is 33.1 Å². The normalized spacial score (nSPS) is 20.8. The summed E-state index contributed by atoms with van der Waals surface area (Å²) in [6, 6.07) is 0. The Bertz CT molecular complexity index is 255. The molecule has 1 unspecified atom stereocenters. The van der Waals surface area contributed by atoms with Crippen molar-refractivity contribution in [3.05, 3.63) is 24.3 Å². The molecule has 1 rings (SSSR count). The van der Waals surface area contributed by atoms with E-state index in [1.54, 1.807) is 6.92 Å². The SMILES string of the molecule is CCN(C/C=C\C1CC=CCC1)C(C)=O. The molecule has 0 bridgehead atoms.